The summed E-state index contributed by atoms with van der Waals surface area (Å²) < 4.78 is 18.7. The molecule has 130 valence electrons. The summed E-state index contributed by atoms with van der Waals surface area (Å²) in [5, 5.41) is 5.55. The van der Waals surface area contributed by atoms with E-state index in [2.05, 4.69) is 22.5 Å². The van der Waals surface area contributed by atoms with Gasteiger partial charge in [-0.15, -0.1) is 0 Å². The lowest BCUT2D eigenvalue weighted by atomic mass is 9.89. The molecule has 0 radical (unpaired) electrons. The van der Waals surface area contributed by atoms with Crippen LogP contribution in [0.1, 0.15) is 24.8 Å². The third kappa shape index (κ3) is 3.73. The molecule has 24 heavy (non-hydrogen) atoms. The average molecular weight is 335 g/mol. The molecule has 2 aliphatic heterocycles. The second-order valence-electron chi connectivity index (χ2n) is 6.28. The van der Waals surface area contributed by atoms with Crippen LogP contribution in [0, 0.1) is 5.82 Å². The fraction of sp³-hybridized carbons (Fsp3) is 0.529. The van der Waals surface area contributed by atoms with Crippen molar-refractivity contribution in [3.63, 3.8) is 0 Å². The van der Waals surface area contributed by atoms with Crippen molar-refractivity contribution in [2.24, 2.45) is 0 Å². The van der Waals surface area contributed by atoms with E-state index in [1.165, 1.54) is 12.1 Å². The van der Waals surface area contributed by atoms with Crippen LogP contribution in [0.15, 0.2) is 18.2 Å². The lowest BCUT2D eigenvalue weighted by Crippen LogP contribution is -2.48. The smallest absolute Gasteiger partial charge is 0.228 e. The van der Waals surface area contributed by atoms with E-state index >= 15 is 0 Å². The van der Waals surface area contributed by atoms with Crippen LogP contribution < -0.4 is 10.6 Å². The average Bonchev–Trinajstić information content (AvgIpc) is 2.59. The fourth-order valence-corrected chi connectivity index (χ4v) is 3.19. The molecule has 1 aromatic carbocycles. The minimum atomic E-state index is -0.578. The molecule has 1 aromatic rings. The molecule has 6 nitrogen and oxygen atoms in total. The molecule has 0 spiro atoms. The summed E-state index contributed by atoms with van der Waals surface area (Å²) in [5.74, 6) is -1.48. The van der Waals surface area contributed by atoms with Gasteiger partial charge in [-0.3, -0.25) is 14.5 Å². The summed E-state index contributed by atoms with van der Waals surface area (Å²) in [5.41, 5.74) is 1.04. The minimum Gasteiger partial charge on any atom is -0.379 e. The van der Waals surface area contributed by atoms with Crippen molar-refractivity contribution in [1.82, 2.24) is 10.2 Å². The number of amides is 2. The van der Waals surface area contributed by atoms with Crippen LogP contribution in [0.25, 0.3) is 0 Å². The van der Waals surface area contributed by atoms with Crippen LogP contribution in [0.2, 0.25) is 0 Å². The van der Waals surface area contributed by atoms with Crippen molar-refractivity contribution in [1.29, 1.82) is 0 Å². The highest BCUT2D eigenvalue weighted by molar-refractivity contribution is 6.01. The highest BCUT2D eigenvalue weighted by Crippen LogP contribution is 2.32. The van der Waals surface area contributed by atoms with Gasteiger partial charge in [0.2, 0.25) is 11.8 Å². The maximum absolute atomic E-state index is 13.3. The van der Waals surface area contributed by atoms with Gasteiger partial charge >= 0.3 is 0 Å². The third-order valence-corrected chi connectivity index (χ3v) is 4.61. The van der Waals surface area contributed by atoms with Crippen LogP contribution in [-0.2, 0) is 14.3 Å². The van der Waals surface area contributed by atoms with Gasteiger partial charge in [0.15, 0.2) is 0 Å². The molecule has 0 aromatic heterocycles. The quantitative estimate of drug-likeness (QED) is 0.864. The van der Waals surface area contributed by atoms with Crippen molar-refractivity contribution in [3.05, 3.63) is 29.6 Å². The fourth-order valence-electron chi connectivity index (χ4n) is 3.19. The van der Waals surface area contributed by atoms with Crippen molar-refractivity contribution in [2.75, 3.05) is 38.2 Å². The minimum absolute atomic E-state index is 0.0798. The van der Waals surface area contributed by atoms with Crippen LogP contribution >= 0.6 is 0 Å². The number of fused-ring (bicyclic) bond motifs is 1. The first-order valence-electron chi connectivity index (χ1n) is 8.23. The standard InChI is InChI=1S/C17H22FN3O3/c1-11(21-4-6-24-7-5-21)10-19-17(23)14-9-16(22)20-15-8-12(18)2-3-13(14)15/h2-3,8,11,14H,4-7,9-10H2,1H3,(H,19,23)(H,20,22). The second kappa shape index (κ2) is 7.27. The number of hydrogen-bond acceptors (Lipinski definition) is 4. The molecule has 2 heterocycles. The maximum Gasteiger partial charge on any atom is 0.228 e. The number of carbonyl (C=O) groups is 2. The van der Waals surface area contributed by atoms with E-state index in [0.29, 0.717) is 31.0 Å². The Morgan fingerprint density at radius 2 is 2.21 bits per heavy atom. The molecule has 0 saturated carbocycles. The molecule has 3 rings (SSSR count). The number of anilines is 1. The first-order chi connectivity index (χ1) is 11.5. The molecule has 2 aliphatic rings. The van der Waals surface area contributed by atoms with Crippen LogP contribution in [0.4, 0.5) is 10.1 Å². The highest BCUT2D eigenvalue weighted by Gasteiger charge is 2.31. The van der Waals surface area contributed by atoms with Gasteiger partial charge in [0.1, 0.15) is 5.82 Å². The Hall–Kier alpha value is -1.99. The van der Waals surface area contributed by atoms with E-state index < -0.39 is 11.7 Å². The highest BCUT2D eigenvalue weighted by atomic mass is 19.1. The molecule has 7 heteroatoms. The van der Waals surface area contributed by atoms with Gasteiger partial charge in [0.25, 0.3) is 0 Å². The largest absolute Gasteiger partial charge is 0.379 e. The molecule has 2 atom stereocenters. The predicted octanol–water partition coefficient (Wildman–Crippen LogP) is 1.09. The van der Waals surface area contributed by atoms with Gasteiger partial charge in [0, 0.05) is 37.8 Å². The van der Waals surface area contributed by atoms with E-state index in [1.807, 2.05) is 0 Å². The van der Waals surface area contributed by atoms with E-state index in [0.717, 1.165) is 13.1 Å². The zero-order valence-electron chi connectivity index (χ0n) is 13.7. The van der Waals surface area contributed by atoms with Crippen LogP contribution in [-0.4, -0.2) is 55.6 Å². The maximum atomic E-state index is 13.3. The van der Waals surface area contributed by atoms with E-state index in [-0.39, 0.29) is 24.3 Å². The van der Waals surface area contributed by atoms with Crippen molar-refractivity contribution < 1.29 is 18.7 Å². The number of benzene rings is 1. The van der Waals surface area contributed by atoms with Gasteiger partial charge in [-0.2, -0.15) is 0 Å². The molecule has 0 bridgehead atoms. The first-order valence-corrected chi connectivity index (χ1v) is 8.23. The number of rotatable bonds is 4. The van der Waals surface area contributed by atoms with Crippen LogP contribution in [0.5, 0.6) is 0 Å². The Bertz CT molecular complexity index is 632. The Morgan fingerprint density at radius 1 is 1.46 bits per heavy atom. The van der Waals surface area contributed by atoms with Crippen LogP contribution in [0.3, 0.4) is 0 Å². The van der Waals surface area contributed by atoms with Crippen molar-refractivity contribution in [2.45, 2.75) is 25.3 Å². The number of ether oxygens (including phenoxy) is 1. The zero-order valence-corrected chi connectivity index (χ0v) is 13.7. The number of nitrogens with one attached hydrogen (secondary N) is 2. The number of morpholine rings is 1. The van der Waals surface area contributed by atoms with E-state index in [1.54, 1.807) is 6.07 Å². The Labute approximate surface area is 140 Å². The van der Waals surface area contributed by atoms with E-state index in [4.69, 9.17) is 4.74 Å². The normalized spacial score (nSPS) is 22.4. The SMILES string of the molecule is CC(CNC(=O)C1CC(=O)Nc2cc(F)ccc21)N1CCOCC1. The third-order valence-electron chi connectivity index (χ3n) is 4.61. The molecule has 2 N–H and O–H groups in total. The monoisotopic (exact) mass is 335 g/mol. The molecule has 2 amide bonds. The summed E-state index contributed by atoms with van der Waals surface area (Å²) in [4.78, 5) is 26.6. The Kier molecular flexibility index (Phi) is 5.11. The Morgan fingerprint density at radius 3 is 2.96 bits per heavy atom. The molecule has 2 unspecified atom stereocenters. The second-order valence-corrected chi connectivity index (χ2v) is 6.28. The number of hydrogen-bond donors (Lipinski definition) is 2. The van der Waals surface area contributed by atoms with Crippen molar-refractivity contribution in [3.8, 4) is 0 Å². The number of halogens is 1. The summed E-state index contributed by atoms with van der Waals surface area (Å²) in [6, 6.07) is 4.33. The van der Waals surface area contributed by atoms with E-state index in [9.17, 15) is 14.0 Å². The topological polar surface area (TPSA) is 70.7 Å². The van der Waals surface area contributed by atoms with Gasteiger partial charge < -0.3 is 15.4 Å². The molecule has 1 fully saturated rings. The van der Waals surface area contributed by atoms with Crippen molar-refractivity contribution >= 4 is 17.5 Å². The van der Waals surface area contributed by atoms with Gasteiger partial charge in [-0.05, 0) is 24.6 Å². The molecule has 0 aliphatic carbocycles. The van der Waals surface area contributed by atoms with Gasteiger partial charge in [0.05, 0.1) is 19.1 Å². The number of nitrogens with zero attached hydrogens (tertiary/aromatic N) is 1. The summed E-state index contributed by atoms with van der Waals surface area (Å²) in [7, 11) is 0. The number of carbonyl (C=O) groups excluding carboxylic acids is 2. The summed E-state index contributed by atoms with van der Waals surface area (Å²) in [6.45, 7) is 5.69. The summed E-state index contributed by atoms with van der Waals surface area (Å²) >= 11 is 0. The Balaban J connectivity index is 1.63. The van der Waals surface area contributed by atoms with Gasteiger partial charge in [-0.25, -0.2) is 4.39 Å². The lowest BCUT2D eigenvalue weighted by Gasteiger charge is -2.33. The van der Waals surface area contributed by atoms with Gasteiger partial charge in [-0.1, -0.05) is 6.07 Å². The lowest BCUT2D eigenvalue weighted by molar-refractivity contribution is -0.126. The molecular formula is C17H22FN3O3. The predicted molar refractivity (Wildman–Crippen MR) is 87.3 cm³/mol. The zero-order chi connectivity index (χ0) is 17.1. The first kappa shape index (κ1) is 16.9. The summed E-state index contributed by atoms with van der Waals surface area (Å²) in [6.07, 6.45) is 0.0798. The molecular weight excluding hydrogens is 313 g/mol. The molecule has 1 saturated heterocycles.